The normalized spacial score (nSPS) is 27.1. The first-order valence-electron chi connectivity index (χ1n) is 8.51. The van der Waals surface area contributed by atoms with E-state index < -0.39 is 0 Å². The summed E-state index contributed by atoms with van der Waals surface area (Å²) in [6, 6.07) is 16.5. The van der Waals surface area contributed by atoms with Crippen molar-refractivity contribution < 1.29 is 9.53 Å². The SMILES string of the molecule is COc1ccc(C2NC(c3ccc(C)cc3)C(C)C(=O)C2C)cc1. The predicted molar refractivity (Wildman–Crippen MR) is 96.1 cm³/mol. The number of hydrogen-bond donors (Lipinski definition) is 1. The molecule has 0 aromatic heterocycles. The number of piperidine rings is 1. The van der Waals surface area contributed by atoms with Gasteiger partial charge in [-0.2, -0.15) is 0 Å². The van der Waals surface area contributed by atoms with Crippen molar-refractivity contribution in [1.29, 1.82) is 0 Å². The minimum Gasteiger partial charge on any atom is -0.497 e. The number of methoxy groups -OCH3 is 1. The third kappa shape index (κ3) is 3.09. The summed E-state index contributed by atoms with van der Waals surface area (Å²) < 4.78 is 5.24. The molecule has 1 aliphatic heterocycles. The topological polar surface area (TPSA) is 38.3 Å². The highest BCUT2D eigenvalue weighted by Crippen LogP contribution is 2.38. The molecule has 3 rings (SSSR count). The van der Waals surface area contributed by atoms with Crippen LogP contribution in [-0.2, 0) is 4.79 Å². The van der Waals surface area contributed by atoms with Gasteiger partial charge in [-0.05, 0) is 30.2 Å². The first-order chi connectivity index (χ1) is 11.5. The molecule has 3 nitrogen and oxygen atoms in total. The lowest BCUT2D eigenvalue weighted by Gasteiger charge is -2.39. The van der Waals surface area contributed by atoms with Gasteiger partial charge < -0.3 is 10.1 Å². The van der Waals surface area contributed by atoms with Crippen molar-refractivity contribution in [3.05, 3.63) is 65.2 Å². The van der Waals surface area contributed by atoms with Crippen LogP contribution in [0.3, 0.4) is 0 Å². The van der Waals surface area contributed by atoms with E-state index in [0.717, 1.165) is 11.3 Å². The van der Waals surface area contributed by atoms with Crippen LogP contribution in [0.15, 0.2) is 48.5 Å². The van der Waals surface area contributed by atoms with Crippen molar-refractivity contribution in [3.63, 3.8) is 0 Å². The summed E-state index contributed by atoms with van der Waals surface area (Å²) in [6.07, 6.45) is 0. The van der Waals surface area contributed by atoms with Crippen molar-refractivity contribution >= 4 is 5.78 Å². The summed E-state index contributed by atoms with van der Waals surface area (Å²) in [7, 11) is 1.66. The fourth-order valence-corrected chi connectivity index (χ4v) is 3.58. The molecule has 0 aliphatic carbocycles. The molecule has 1 saturated heterocycles. The number of carbonyl (C=O) groups excluding carboxylic acids is 1. The maximum Gasteiger partial charge on any atom is 0.142 e. The fraction of sp³-hybridized carbons (Fsp3) is 0.381. The molecule has 1 heterocycles. The Hall–Kier alpha value is -2.13. The number of aryl methyl sites for hydroxylation is 1. The highest BCUT2D eigenvalue weighted by atomic mass is 16.5. The molecule has 2 aromatic carbocycles. The second-order valence-corrected chi connectivity index (χ2v) is 6.79. The molecule has 0 bridgehead atoms. The van der Waals surface area contributed by atoms with E-state index in [2.05, 4.69) is 36.5 Å². The van der Waals surface area contributed by atoms with Crippen molar-refractivity contribution in [1.82, 2.24) is 5.32 Å². The third-order valence-corrected chi connectivity index (χ3v) is 5.17. The Morgan fingerprint density at radius 2 is 1.29 bits per heavy atom. The minimum absolute atomic E-state index is 0.0194. The first kappa shape index (κ1) is 16.7. The van der Waals surface area contributed by atoms with Crippen LogP contribution in [0.25, 0.3) is 0 Å². The Kier molecular flexibility index (Phi) is 4.72. The van der Waals surface area contributed by atoms with Gasteiger partial charge in [-0.1, -0.05) is 55.8 Å². The van der Waals surface area contributed by atoms with E-state index in [0.29, 0.717) is 5.78 Å². The van der Waals surface area contributed by atoms with Gasteiger partial charge in [-0.15, -0.1) is 0 Å². The number of ether oxygens (including phenoxy) is 1. The lowest BCUT2D eigenvalue weighted by molar-refractivity contribution is -0.130. The lowest BCUT2D eigenvalue weighted by atomic mass is 9.76. The summed E-state index contributed by atoms with van der Waals surface area (Å²) in [4.78, 5) is 12.8. The Balaban J connectivity index is 1.91. The fourth-order valence-electron chi connectivity index (χ4n) is 3.58. The smallest absolute Gasteiger partial charge is 0.142 e. The highest BCUT2D eigenvalue weighted by Gasteiger charge is 2.40. The predicted octanol–water partition coefficient (Wildman–Crippen LogP) is 4.23. The van der Waals surface area contributed by atoms with Crippen LogP contribution in [0.4, 0.5) is 0 Å². The van der Waals surface area contributed by atoms with E-state index in [1.165, 1.54) is 11.1 Å². The molecule has 1 N–H and O–H groups in total. The molecule has 24 heavy (non-hydrogen) atoms. The van der Waals surface area contributed by atoms with Crippen molar-refractivity contribution in [2.45, 2.75) is 32.9 Å². The van der Waals surface area contributed by atoms with Gasteiger partial charge in [-0.3, -0.25) is 4.79 Å². The molecule has 3 heteroatoms. The zero-order valence-electron chi connectivity index (χ0n) is 14.7. The molecule has 0 saturated carbocycles. The Bertz CT molecular complexity index is 706. The van der Waals surface area contributed by atoms with E-state index in [4.69, 9.17) is 4.74 Å². The van der Waals surface area contributed by atoms with Gasteiger partial charge in [0.25, 0.3) is 0 Å². The second-order valence-electron chi connectivity index (χ2n) is 6.79. The number of Topliss-reactive ketones (excluding diaryl/α,β-unsaturated/α-hetero) is 1. The zero-order chi connectivity index (χ0) is 17.3. The van der Waals surface area contributed by atoms with Crippen LogP contribution in [0.5, 0.6) is 5.75 Å². The van der Waals surface area contributed by atoms with Gasteiger partial charge in [-0.25, -0.2) is 0 Å². The zero-order valence-corrected chi connectivity index (χ0v) is 14.7. The van der Waals surface area contributed by atoms with Crippen LogP contribution in [0, 0.1) is 18.8 Å². The van der Waals surface area contributed by atoms with E-state index in [1.807, 2.05) is 38.1 Å². The summed E-state index contributed by atoms with van der Waals surface area (Å²) >= 11 is 0. The van der Waals surface area contributed by atoms with Gasteiger partial charge in [0, 0.05) is 23.9 Å². The number of carbonyl (C=O) groups is 1. The second kappa shape index (κ2) is 6.78. The van der Waals surface area contributed by atoms with Crippen LogP contribution >= 0.6 is 0 Å². The number of rotatable bonds is 3. The molecule has 4 unspecified atom stereocenters. The van der Waals surface area contributed by atoms with Gasteiger partial charge in [0.15, 0.2) is 0 Å². The minimum atomic E-state index is -0.0462. The Morgan fingerprint density at radius 1 is 0.833 bits per heavy atom. The molecule has 1 aliphatic rings. The monoisotopic (exact) mass is 323 g/mol. The molecule has 4 atom stereocenters. The largest absolute Gasteiger partial charge is 0.497 e. The molecule has 1 fully saturated rings. The van der Waals surface area contributed by atoms with Crippen molar-refractivity contribution in [2.24, 2.45) is 11.8 Å². The summed E-state index contributed by atoms with van der Waals surface area (Å²) in [5.41, 5.74) is 3.53. The number of ketones is 1. The summed E-state index contributed by atoms with van der Waals surface area (Å²) in [5, 5.41) is 3.71. The summed E-state index contributed by atoms with van der Waals surface area (Å²) in [5.74, 6) is 1.07. The number of nitrogens with one attached hydrogen (secondary N) is 1. The molecular formula is C21H25NO2. The molecular weight excluding hydrogens is 298 g/mol. The maximum absolute atomic E-state index is 12.8. The van der Waals surface area contributed by atoms with Crippen LogP contribution in [-0.4, -0.2) is 12.9 Å². The molecule has 0 spiro atoms. The Morgan fingerprint density at radius 3 is 1.75 bits per heavy atom. The van der Waals surface area contributed by atoms with Crippen LogP contribution in [0.2, 0.25) is 0 Å². The summed E-state index contributed by atoms with van der Waals surface area (Å²) in [6.45, 7) is 6.13. The molecule has 0 amide bonds. The third-order valence-electron chi connectivity index (χ3n) is 5.17. The average Bonchev–Trinajstić information content (AvgIpc) is 2.61. The lowest BCUT2D eigenvalue weighted by Crippen LogP contribution is -2.46. The van der Waals surface area contributed by atoms with Gasteiger partial charge >= 0.3 is 0 Å². The first-order valence-corrected chi connectivity index (χ1v) is 8.51. The molecule has 126 valence electrons. The molecule has 2 aromatic rings. The molecule has 0 radical (unpaired) electrons. The van der Waals surface area contributed by atoms with E-state index in [9.17, 15) is 4.79 Å². The maximum atomic E-state index is 12.8. The van der Waals surface area contributed by atoms with Gasteiger partial charge in [0.1, 0.15) is 11.5 Å². The standard InChI is InChI=1S/C21H25NO2/c1-13-5-7-16(8-6-13)19-14(2)21(23)15(3)20(22-19)17-9-11-18(24-4)12-10-17/h5-12,14-15,19-20,22H,1-4H3. The quantitative estimate of drug-likeness (QED) is 0.918. The number of benzene rings is 2. The average molecular weight is 323 g/mol. The Labute approximate surface area is 144 Å². The van der Waals surface area contributed by atoms with Gasteiger partial charge in [0.2, 0.25) is 0 Å². The van der Waals surface area contributed by atoms with E-state index in [1.54, 1.807) is 7.11 Å². The van der Waals surface area contributed by atoms with Crippen LogP contribution in [0.1, 0.15) is 42.6 Å². The van der Waals surface area contributed by atoms with E-state index in [-0.39, 0.29) is 23.9 Å². The highest BCUT2D eigenvalue weighted by molar-refractivity contribution is 5.85. The number of hydrogen-bond acceptors (Lipinski definition) is 3. The van der Waals surface area contributed by atoms with Crippen LogP contribution < -0.4 is 10.1 Å². The van der Waals surface area contributed by atoms with Crippen molar-refractivity contribution in [2.75, 3.05) is 7.11 Å². The van der Waals surface area contributed by atoms with E-state index >= 15 is 0 Å². The van der Waals surface area contributed by atoms with Crippen molar-refractivity contribution in [3.8, 4) is 5.75 Å². The van der Waals surface area contributed by atoms with Gasteiger partial charge in [0.05, 0.1) is 7.11 Å².